The lowest BCUT2D eigenvalue weighted by Gasteiger charge is -2.03. The molecule has 1 heterocycles. The van der Waals surface area contributed by atoms with Gasteiger partial charge in [-0.2, -0.15) is 4.57 Å². The second kappa shape index (κ2) is 6.89. The van der Waals surface area contributed by atoms with Gasteiger partial charge < -0.3 is 4.55 Å². The normalized spacial score (nSPS) is 12.0. The lowest BCUT2D eigenvalue weighted by atomic mass is 10.0. The number of fused-ring (bicyclic) bond motifs is 4. The van der Waals surface area contributed by atoms with E-state index < -0.39 is 10.4 Å². The smallest absolute Gasteiger partial charge is 0.240 e. The summed E-state index contributed by atoms with van der Waals surface area (Å²) in [5.74, 6) is 0. The van der Waals surface area contributed by atoms with Gasteiger partial charge in [0, 0.05) is 21.5 Å². The molecule has 8 heteroatoms. The molecule has 0 fully saturated rings. The zero-order chi connectivity index (χ0) is 20.1. The van der Waals surface area contributed by atoms with E-state index in [2.05, 4.69) is 80.3 Å². The van der Waals surface area contributed by atoms with E-state index in [1.54, 1.807) is 0 Å². The van der Waals surface area contributed by atoms with Gasteiger partial charge in [-0.25, -0.2) is 13.4 Å². The Bertz CT molecular complexity index is 1350. The van der Waals surface area contributed by atoms with Gasteiger partial charge in [-0.3, -0.25) is 4.18 Å². The average molecular weight is 459 g/mol. The molecule has 0 saturated heterocycles. The van der Waals surface area contributed by atoms with E-state index in [9.17, 15) is 13.0 Å². The van der Waals surface area contributed by atoms with Crippen LogP contribution in [0, 0.1) is 0 Å². The first kappa shape index (κ1) is 18.9. The summed E-state index contributed by atoms with van der Waals surface area (Å²) in [6, 6.07) is 19.1. The maximum absolute atomic E-state index is 9.22. The topological polar surface area (TPSA) is 83.2 Å². The minimum absolute atomic E-state index is 0.808. The van der Waals surface area contributed by atoms with Gasteiger partial charge in [0.25, 0.3) is 0 Å². The molecule has 142 valence electrons. The molecule has 1 aliphatic rings. The summed E-state index contributed by atoms with van der Waals surface area (Å²) < 4.78 is 34.4. The molecule has 0 radical (unpaired) electrons. The van der Waals surface area contributed by atoms with Crippen molar-refractivity contribution < 1.29 is 21.7 Å². The number of halogens is 1. The highest BCUT2D eigenvalue weighted by atomic mass is 79.9. The van der Waals surface area contributed by atoms with Gasteiger partial charge in [-0.1, -0.05) is 46.3 Å². The predicted octanol–water partition coefficient (Wildman–Crippen LogP) is 3.72. The number of aryl methyl sites for hydroxylation is 1. The highest BCUT2D eigenvalue weighted by Crippen LogP contribution is 2.46. The Kier molecular flexibility index (Phi) is 4.67. The Morgan fingerprint density at radius 2 is 1.75 bits per heavy atom. The summed E-state index contributed by atoms with van der Waals surface area (Å²) in [5, 5.41) is 2.54. The van der Waals surface area contributed by atoms with E-state index in [1.165, 1.54) is 27.6 Å². The molecule has 5 rings (SSSR count). The van der Waals surface area contributed by atoms with Crippen LogP contribution in [0.3, 0.4) is 0 Å². The van der Waals surface area contributed by atoms with E-state index in [4.69, 9.17) is 4.98 Å². The van der Waals surface area contributed by atoms with Crippen LogP contribution in [0.1, 0.15) is 0 Å². The molecule has 0 bridgehead atoms. The molecule has 0 atom stereocenters. The molecule has 3 aromatic carbocycles. The maximum Gasteiger partial charge on any atom is 0.240 e. The fourth-order valence-electron chi connectivity index (χ4n) is 3.56. The van der Waals surface area contributed by atoms with Gasteiger partial charge in [0.1, 0.15) is 18.3 Å². The second-order valence-corrected chi connectivity index (χ2v) is 8.26. The quantitative estimate of drug-likeness (QED) is 0.217. The number of hydrogen-bond donors (Lipinski definition) is 0. The zero-order valence-electron chi connectivity index (χ0n) is 15.0. The van der Waals surface area contributed by atoms with Crippen molar-refractivity contribution in [3.63, 3.8) is 0 Å². The van der Waals surface area contributed by atoms with Crippen LogP contribution in [0.5, 0.6) is 0 Å². The number of aromatic nitrogens is 2. The van der Waals surface area contributed by atoms with Gasteiger partial charge in [-0.15, -0.1) is 0 Å². The maximum atomic E-state index is 9.22. The van der Waals surface area contributed by atoms with Gasteiger partial charge in [-0.05, 0) is 23.6 Å². The minimum atomic E-state index is -4.41. The van der Waals surface area contributed by atoms with Crippen molar-refractivity contribution in [1.29, 1.82) is 0 Å². The minimum Gasteiger partial charge on any atom is -0.726 e. The molecule has 0 saturated carbocycles. The van der Waals surface area contributed by atoms with Crippen molar-refractivity contribution in [2.45, 2.75) is 0 Å². The lowest BCUT2D eigenvalue weighted by molar-refractivity contribution is -0.633. The third-order valence-corrected chi connectivity index (χ3v) is 5.84. The first-order valence-corrected chi connectivity index (χ1v) is 10.5. The molecule has 0 N–H and O–H groups in total. The van der Waals surface area contributed by atoms with Crippen LogP contribution in [0.25, 0.3) is 44.3 Å². The largest absolute Gasteiger partial charge is 0.726 e. The third-order valence-electron chi connectivity index (χ3n) is 4.74. The molecular formula is C20H15BrN2O4S. The third kappa shape index (κ3) is 3.08. The fourth-order valence-corrected chi connectivity index (χ4v) is 4.02. The van der Waals surface area contributed by atoms with Crippen LogP contribution in [0.15, 0.2) is 59.1 Å². The van der Waals surface area contributed by atoms with Gasteiger partial charge in [0.15, 0.2) is 0 Å². The number of para-hydroxylation sites is 2. The second-order valence-electron chi connectivity index (χ2n) is 6.25. The van der Waals surface area contributed by atoms with E-state index in [0.717, 1.165) is 28.3 Å². The average Bonchev–Trinajstić information content (AvgIpc) is 3.00. The van der Waals surface area contributed by atoms with Gasteiger partial charge in [0.05, 0.1) is 12.7 Å². The molecule has 0 unspecified atom stereocenters. The van der Waals surface area contributed by atoms with Crippen LogP contribution in [0.4, 0.5) is 0 Å². The Morgan fingerprint density at radius 1 is 1.04 bits per heavy atom. The Balaban J connectivity index is 0.000000283. The van der Waals surface area contributed by atoms with Gasteiger partial charge >= 0.3 is 0 Å². The highest BCUT2D eigenvalue weighted by molar-refractivity contribution is 9.10. The monoisotopic (exact) mass is 458 g/mol. The fraction of sp³-hybridized carbons (Fsp3) is 0.100. The summed E-state index contributed by atoms with van der Waals surface area (Å²) in [4.78, 5) is 4.95. The molecule has 1 aliphatic carbocycles. The lowest BCUT2D eigenvalue weighted by Crippen LogP contribution is -2.32. The zero-order valence-corrected chi connectivity index (χ0v) is 17.4. The molecule has 1 aromatic heterocycles. The Morgan fingerprint density at radius 3 is 2.46 bits per heavy atom. The molecular weight excluding hydrogens is 444 g/mol. The van der Waals surface area contributed by atoms with Crippen LogP contribution >= 0.6 is 15.9 Å². The molecule has 0 spiro atoms. The molecule has 28 heavy (non-hydrogen) atoms. The van der Waals surface area contributed by atoms with Crippen LogP contribution in [-0.2, 0) is 21.6 Å². The number of rotatable bonds is 1. The first-order valence-electron chi connectivity index (χ1n) is 8.34. The Hall–Kier alpha value is -2.39. The SMILES string of the molecule is COS(=O)(=O)[O-].C[n+]1c2c(nc3ccccc31)-c1cccc3c(Br)ccc-2c13. The highest BCUT2D eigenvalue weighted by Gasteiger charge is 2.31. The summed E-state index contributed by atoms with van der Waals surface area (Å²) in [5.41, 5.74) is 6.98. The van der Waals surface area contributed by atoms with E-state index in [1.807, 2.05) is 6.07 Å². The molecule has 0 aliphatic heterocycles. The predicted molar refractivity (Wildman–Crippen MR) is 109 cm³/mol. The number of nitrogens with zero attached hydrogens (tertiary/aromatic N) is 2. The molecule has 4 aromatic rings. The van der Waals surface area contributed by atoms with Crippen LogP contribution in [-0.4, -0.2) is 25.1 Å². The van der Waals surface area contributed by atoms with E-state index in [0.29, 0.717) is 0 Å². The van der Waals surface area contributed by atoms with Crippen LogP contribution < -0.4 is 4.57 Å². The standard InChI is InChI=1S/C19H12BrN2.CH4O4S/c1-22-16-8-3-2-7-15(16)21-18-12-6-4-5-11-14(20)10-9-13(17(11)12)19(18)22;1-5-6(2,3)4/h2-10H,1H3;1H3,(H,2,3,4)/q+1;/p-1. The van der Waals surface area contributed by atoms with E-state index in [-0.39, 0.29) is 0 Å². The van der Waals surface area contributed by atoms with Crippen molar-refractivity contribution in [3.05, 3.63) is 59.1 Å². The summed E-state index contributed by atoms with van der Waals surface area (Å²) in [6.45, 7) is 0. The van der Waals surface area contributed by atoms with Crippen molar-refractivity contribution in [2.24, 2.45) is 7.05 Å². The molecule has 6 nitrogen and oxygen atoms in total. The number of benzene rings is 3. The summed E-state index contributed by atoms with van der Waals surface area (Å²) in [7, 11) is -1.48. The molecule has 0 amide bonds. The van der Waals surface area contributed by atoms with Crippen LogP contribution in [0.2, 0.25) is 0 Å². The van der Waals surface area contributed by atoms with E-state index >= 15 is 0 Å². The van der Waals surface area contributed by atoms with Crippen molar-refractivity contribution in [2.75, 3.05) is 7.11 Å². The first-order chi connectivity index (χ1) is 13.3. The summed E-state index contributed by atoms with van der Waals surface area (Å²) >= 11 is 3.67. The summed E-state index contributed by atoms with van der Waals surface area (Å²) in [6.07, 6.45) is 0. The number of hydrogen-bond acceptors (Lipinski definition) is 5. The van der Waals surface area contributed by atoms with Crippen molar-refractivity contribution in [3.8, 4) is 22.5 Å². The Labute approximate surface area is 170 Å². The van der Waals surface area contributed by atoms with Crippen molar-refractivity contribution >= 4 is 48.1 Å². The van der Waals surface area contributed by atoms with Crippen molar-refractivity contribution in [1.82, 2.24) is 4.98 Å². The van der Waals surface area contributed by atoms with Gasteiger partial charge in [0.2, 0.25) is 21.6 Å².